The van der Waals surface area contributed by atoms with Crippen LogP contribution in [0, 0.1) is 5.41 Å². The van der Waals surface area contributed by atoms with E-state index in [4.69, 9.17) is 0 Å². The number of fused-ring (bicyclic) bond motifs is 1. The van der Waals surface area contributed by atoms with E-state index < -0.39 is 11.3 Å². The highest BCUT2D eigenvalue weighted by Gasteiger charge is 2.76. The molecule has 0 aromatic heterocycles. The lowest BCUT2D eigenvalue weighted by Crippen LogP contribution is -2.37. The zero-order valence-corrected chi connectivity index (χ0v) is 8.65. The van der Waals surface area contributed by atoms with Gasteiger partial charge in [0.05, 0.1) is 5.41 Å². The van der Waals surface area contributed by atoms with E-state index >= 15 is 0 Å². The van der Waals surface area contributed by atoms with Crippen molar-refractivity contribution in [1.29, 1.82) is 0 Å². The Kier molecular flexibility index (Phi) is 1.50. The fourth-order valence-electron chi connectivity index (χ4n) is 3.76. The fourth-order valence-corrected chi connectivity index (χ4v) is 3.76. The van der Waals surface area contributed by atoms with E-state index in [1.165, 1.54) is 6.42 Å². The number of nitrogens with zero attached hydrogens (tertiary/aromatic N) is 1. The SMILES string of the molecule is CC[C@@]12CCCN1C[C@]1(CC1(F)F)C2. The summed E-state index contributed by atoms with van der Waals surface area (Å²) in [6.45, 7) is 3.86. The highest BCUT2D eigenvalue weighted by atomic mass is 19.3. The van der Waals surface area contributed by atoms with Gasteiger partial charge in [0.25, 0.3) is 5.92 Å². The summed E-state index contributed by atoms with van der Waals surface area (Å²) in [5, 5.41) is 0. The Bertz CT molecular complexity index is 278. The molecule has 1 nitrogen and oxygen atoms in total. The van der Waals surface area contributed by atoms with Crippen LogP contribution in [-0.4, -0.2) is 29.5 Å². The quantitative estimate of drug-likeness (QED) is 0.630. The first-order chi connectivity index (χ1) is 6.54. The molecule has 2 saturated heterocycles. The van der Waals surface area contributed by atoms with Crippen LogP contribution in [0.3, 0.4) is 0 Å². The molecule has 0 aromatic rings. The second kappa shape index (κ2) is 2.31. The van der Waals surface area contributed by atoms with Gasteiger partial charge in [0.2, 0.25) is 0 Å². The van der Waals surface area contributed by atoms with Gasteiger partial charge in [-0.25, -0.2) is 8.78 Å². The zero-order chi connectivity index (χ0) is 10.0. The summed E-state index contributed by atoms with van der Waals surface area (Å²) in [7, 11) is 0. The van der Waals surface area contributed by atoms with Crippen LogP contribution >= 0.6 is 0 Å². The highest BCUT2D eigenvalue weighted by Crippen LogP contribution is 2.69. The molecule has 0 N–H and O–H groups in total. The van der Waals surface area contributed by atoms with Crippen LogP contribution in [-0.2, 0) is 0 Å². The minimum absolute atomic E-state index is 0.151. The van der Waals surface area contributed by atoms with Crippen molar-refractivity contribution in [3.63, 3.8) is 0 Å². The van der Waals surface area contributed by atoms with Crippen molar-refractivity contribution >= 4 is 0 Å². The van der Waals surface area contributed by atoms with Gasteiger partial charge in [0, 0.05) is 18.5 Å². The van der Waals surface area contributed by atoms with Gasteiger partial charge in [0.15, 0.2) is 0 Å². The Hall–Kier alpha value is -0.180. The van der Waals surface area contributed by atoms with Crippen molar-refractivity contribution in [2.24, 2.45) is 5.41 Å². The Morgan fingerprint density at radius 2 is 2.00 bits per heavy atom. The summed E-state index contributed by atoms with van der Waals surface area (Å²) < 4.78 is 26.6. The Morgan fingerprint density at radius 1 is 1.29 bits per heavy atom. The molecule has 2 atom stereocenters. The van der Waals surface area contributed by atoms with E-state index in [2.05, 4.69) is 11.8 Å². The first-order valence-electron chi connectivity index (χ1n) is 5.67. The predicted molar refractivity (Wildman–Crippen MR) is 50.4 cm³/mol. The molecular formula is C11H17F2N. The van der Waals surface area contributed by atoms with Crippen LogP contribution in [0.1, 0.15) is 39.0 Å². The van der Waals surface area contributed by atoms with E-state index in [9.17, 15) is 8.78 Å². The molecule has 0 aromatic carbocycles. The number of halogens is 2. The zero-order valence-electron chi connectivity index (χ0n) is 8.65. The van der Waals surface area contributed by atoms with Gasteiger partial charge in [-0.1, -0.05) is 6.92 Å². The molecule has 1 spiro atoms. The van der Waals surface area contributed by atoms with Crippen molar-refractivity contribution < 1.29 is 8.78 Å². The third kappa shape index (κ3) is 0.873. The average Bonchev–Trinajstić information content (AvgIpc) is 2.47. The molecule has 2 heterocycles. The summed E-state index contributed by atoms with van der Waals surface area (Å²) in [4.78, 5) is 2.34. The van der Waals surface area contributed by atoms with Gasteiger partial charge in [-0.2, -0.15) is 0 Å². The summed E-state index contributed by atoms with van der Waals surface area (Å²) in [6, 6.07) is 0. The standard InChI is InChI=1S/C11H17F2N/c1-2-10-4-3-5-14(10)8-9(6-10)7-11(9,12)13/h2-8H2,1H3/t9-,10+/m1/s1. The minimum Gasteiger partial charge on any atom is -0.297 e. The average molecular weight is 201 g/mol. The number of hydrogen-bond acceptors (Lipinski definition) is 1. The lowest BCUT2D eigenvalue weighted by atomic mass is 9.86. The summed E-state index contributed by atoms with van der Waals surface area (Å²) in [5.74, 6) is -2.35. The number of hydrogen-bond donors (Lipinski definition) is 0. The first-order valence-corrected chi connectivity index (χ1v) is 5.67. The number of rotatable bonds is 1. The second-order valence-electron chi connectivity index (χ2n) is 5.44. The molecular weight excluding hydrogens is 184 g/mol. The van der Waals surface area contributed by atoms with E-state index in [-0.39, 0.29) is 12.0 Å². The summed E-state index contributed by atoms with van der Waals surface area (Å²) in [5.41, 5.74) is -0.455. The fraction of sp³-hybridized carbons (Fsp3) is 1.00. The molecule has 1 aliphatic carbocycles. The van der Waals surface area contributed by atoms with Gasteiger partial charge < -0.3 is 0 Å². The van der Waals surface area contributed by atoms with Crippen molar-refractivity contribution in [3.8, 4) is 0 Å². The summed E-state index contributed by atoms with van der Waals surface area (Å²) in [6.07, 6.45) is 4.30. The molecule has 0 bridgehead atoms. The van der Waals surface area contributed by atoms with Crippen LogP contribution in [0.15, 0.2) is 0 Å². The Balaban J connectivity index is 1.87. The van der Waals surface area contributed by atoms with Gasteiger partial charge in [-0.15, -0.1) is 0 Å². The smallest absolute Gasteiger partial charge is 0.255 e. The maximum Gasteiger partial charge on any atom is 0.255 e. The van der Waals surface area contributed by atoms with Crippen LogP contribution in [0.5, 0.6) is 0 Å². The van der Waals surface area contributed by atoms with E-state index in [0.29, 0.717) is 6.54 Å². The van der Waals surface area contributed by atoms with E-state index in [1.54, 1.807) is 0 Å². The third-order valence-electron chi connectivity index (χ3n) is 4.77. The maximum atomic E-state index is 13.3. The van der Waals surface area contributed by atoms with Gasteiger partial charge in [-0.3, -0.25) is 4.90 Å². The van der Waals surface area contributed by atoms with E-state index in [1.807, 2.05) is 0 Å². The lowest BCUT2D eigenvalue weighted by Gasteiger charge is -2.30. The highest BCUT2D eigenvalue weighted by molar-refractivity contribution is 5.21. The van der Waals surface area contributed by atoms with Gasteiger partial charge in [0.1, 0.15) is 0 Å². The normalized spacial score (nSPS) is 49.9. The molecule has 3 rings (SSSR count). The van der Waals surface area contributed by atoms with Crippen LogP contribution in [0.25, 0.3) is 0 Å². The van der Waals surface area contributed by atoms with Crippen LogP contribution in [0.2, 0.25) is 0 Å². The minimum atomic E-state index is -2.35. The molecule has 3 aliphatic rings. The third-order valence-corrected chi connectivity index (χ3v) is 4.77. The molecule has 80 valence electrons. The maximum absolute atomic E-state index is 13.3. The lowest BCUT2D eigenvalue weighted by molar-refractivity contribution is 0.0656. The second-order valence-corrected chi connectivity index (χ2v) is 5.44. The molecule has 2 aliphatic heterocycles. The molecule has 3 heteroatoms. The molecule has 1 saturated carbocycles. The summed E-state index contributed by atoms with van der Waals surface area (Å²) >= 11 is 0. The Labute approximate surface area is 83.5 Å². The predicted octanol–water partition coefficient (Wildman–Crippen LogP) is 2.66. The van der Waals surface area contributed by atoms with Crippen LogP contribution < -0.4 is 0 Å². The Morgan fingerprint density at radius 3 is 2.50 bits per heavy atom. The van der Waals surface area contributed by atoms with Crippen molar-refractivity contribution in [2.75, 3.05) is 13.1 Å². The molecule has 0 radical (unpaired) electrons. The monoisotopic (exact) mass is 201 g/mol. The largest absolute Gasteiger partial charge is 0.297 e. The first kappa shape index (κ1) is 9.08. The van der Waals surface area contributed by atoms with Gasteiger partial charge >= 0.3 is 0 Å². The van der Waals surface area contributed by atoms with Crippen molar-refractivity contribution in [1.82, 2.24) is 4.90 Å². The molecule has 3 fully saturated rings. The van der Waals surface area contributed by atoms with Crippen molar-refractivity contribution in [2.45, 2.75) is 50.5 Å². The molecule has 0 amide bonds. The number of alkyl halides is 2. The van der Waals surface area contributed by atoms with Crippen molar-refractivity contribution in [3.05, 3.63) is 0 Å². The van der Waals surface area contributed by atoms with Crippen LogP contribution in [0.4, 0.5) is 8.78 Å². The van der Waals surface area contributed by atoms with Gasteiger partial charge in [-0.05, 0) is 32.2 Å². The molecule has 14 heavy (non-hydrogen) atoms. The topological polar surface area (TPSA) is 3.24 Å². The van der Waals surface area contributed by atoms with E-state index in [0.717, 1.165) is 25.8 Å². The molecule has 0 unspecified atom stereocenters.